The van der Waals surface area contributed by atoms with Crippen LogP contribution in [0.15, 0.2) is 36.7 Å². The summed E-state index contributed by atoms with van der Waals surface area (Å²) >= 11 is 0. The van der Waals surface area contributed by atoms with Crippen LogP contribution in [0.25, 0.3) is 16.8 Å². The second-order valence-corrected chi connectivity index (χ2v) is 6.26. The van der Waals surface area contributed by atoms with Crippen LogP contribution >= 0.6 is 0 Å². The van der Waals surface area contributed by atoms with Gasteiger partial charge in [0.1, 0.15) is 28.6 Å². The lowest BCUT2D eigenvalue weighted by molar-refractivity contribution is -0.119. The Morgan fingerprint density at radius 3 is 2.92 bits per heavy atom. The van der Waals surface area contributed by atoms with Gasteiger partial charge in [-0.25, -0.2) is 9.97 Å². The molecule has 128 valence electrons. The number of carbonyl (C=O) groups is 1. The molecule has 7 heteroatoms. The van der Waals surface area contributed by atoms with E-state index in [2.05, 4.69) is 4.98 Å². The lowest BCUT2D eigenvalue weighted by Crippen LogP contribution is -2.19. The fourth-order valence-corrected chi connectivity index (χ4v) is 3.13. The molecule has 4 N–H and O–H groups in total. The number of nitrogen functional groups attached to an aromatic ring is 1. The molecule has 1 amide bonds. The largest absolute Gasteiger partial charge is 0.484 e. The first-order valence-corrected chi connectivity index (χ1v) is 8.27. The van der Waals surface area contributed by atoms with Crippen molar-refractivity contribution in [2.24, 2.45) is 5.73 Å². The highest BCUT2D eigenvalue weighted by atomic mass is 16.5. The molecule has 1 fully saturated rings. The van der Waals surface area contributed by atoms with Gasteiger partial charge in [0, 0.05) is 23.9 Å². The van der Waals surface area contributed by atoms with Crippen molar-refractivity contribution in [3.63, 3.8) is 0 Å². The summed E-state index contributed by atoms with van der Waals surface area (Å²) in [6.07, 6.45) is 7.11. The monoisotopic (exact) mass is 337 g/mol. The molecule has 1 aliphatic rings. The van der Waals surface area contributed by atoms with E-state index in [0.29, 0.717) is 17.5 Å². The number of primary amides is 1. The normalized spacial score (nSPS) is 14.4. The molecule has 0 bridgehead atoms. The number of aromatic nitrogens is 3. The summed E-state index contributed by atoms with van der Waals surface area (Å²) in [6.45, 7) is -0.162. The van der Waals surface area contributed by atoms with E-state index in [0.717, 1.165) is 35.4 Å². The van der Waals surface area contributed by atoms with Crippen LogP contribution in [0.2, 0.25) is 0 Å². The van der Waals surface area contributed by atoms with Crippen molar-refractivity contribution in [3.05, 3.63) is 42.5 Å². The predicted octanol–water partition coefficient (Wildman–Crippen LogP) is 2.11. The standard InChI is InChI=1S/C18H19N5O2/c19-14(24)10-25-13-6-2-5-12(9-13)15-16-17(20)21-7-8-23(16)18(22-15)11-3-1-4-11/h2,5-9,11H,1,3-4,10H2,(H2,19,24)(H2,20,21). The quantitative estimate of drug-likeness (QED) is 0.741. The van der Waals surface area contributed by atoms with Gasteiger partial charge in [-0.1, -0.05) is 18.6 Å². The number of amides is 1. The van der Waals surface area contributed by atoms with Gasteiger partial charge in [-0.15, -0.1) is 0 Å². The zero-order valence-electron chi connectivity index (χ0n) is 13.7. The van der Waals surface area contributed by atoms with Crippen LogP contribution in [0.3, 0.4) is 0 Å². The molecular formula is C18H19N5O2. The van der Waals surface area contributed by atoms with Gasteiger partial charge in [-0.3, -0.25) is 9.20 Å². The van der Waals surface area contributed by atoms with Gasteiger partial charge >= 0.3 is 0 Å². The molecular weight excluding hydrogens is 318 g/mol. The molecule has 4 rings (SSSR count). The van der Waals surface area contributed by atoms with Crippen LogP contribution in [0.5, 0.6) is 5.75 Å². The van der Waals surface area contributed by atoms with E-state index in [9.17, 15) is 4.79 Å². The van der Waals surface area contributed by atoms with Crippen molar-refractivity contribution in [3.8, 4) is 17.0 Å². The molecule has 7 nitrogen and oxygen atoms in total. The Morgan fingerprint density at radius 1 is 1.36 bits per heavy atom. The fourth-order valence-electron chi connectivity index (χ4n) is 3.13. The van der Waals surface area contributed by atoms with E-state index in [1.54, 1.807) is 12.3 Å². The highest BCUT2D eigenvalue weighted by molar-refractivity contribution is 5.85. The lowest BCUT2D eigenvalue weighted by Gasteiger charge is -2.23. The summed E-state index contributed by atoms with van der Waals surface area (Å²) in [6, 6.07) is 7.41. The van der Waals surface area contributed by atoms with Crippen LogP contribution in [-0.4, -0.2) is 26.9 Å². The summed E-state index contributed by atoms with van der Waals surface area (Å²) in [5.41, 5.74) is 13.7. The van der Waals surface area contributed by atoms with Crippen molar-refractivity contribution in [1.29, 1.82) is 0 Å². The summed E-state index contributed by atoms with van der Waals surface area (Å²) in [7, 11) is 0. The first kappa shape index (κ1) is 15.4. The molecule has 0 spiro atoms. The number of anilines is 1. The minimum Gasteiger partial charge on any atom is -0.484 e. The van der Waals surface area contributed by atoms with E-state index in [-0.39, 0.29) is 6.61 Å². The number of nitrogens with zero attached hydrogens (tertiary/aromatic N) is 3. The van der Waals surface area contributed by atoms with Crippen LogP contribution in [-0.2, 0) is 4.79 Å². The Morgan fingerprint density at radius 2 is 2.20 bits per heavy atom. The summed E-state index contributed by atoms with van der Waals surface area (Å²) < 4.78 is 7.44. The van der Waals surface area contributed by atoms with E-state index in [4.69, 9.17) is 21.2 Å². The summed E-state index contributed by atoms with van der Waals surface area (Å²) in [4.78, 5) is 20.0. The third kappa shape index (κ3) is 2.77. The van der Waals surface area contributed by atoms with Gasteiger partial charge in [-0.05, 0) is 25.0 Å². The Kier molecular flexibility index (Phi) is 3.76. The van der Waals surface area contributed by atoms with E-state index < -0.39 is 5.91 Å². The molecule has 2 aromatic heterocycles. The number of hydrogen-bond donors (Lipinski definition) is 2. The third-order valence-corrected chi connectivity index (χ3v) is 4.57. The topological polar surface area (TPSA) is 109 Å². The number of hydrogen-bond acceptors (Lipinski definition) is 5. The second-order valence-electron chi connectivity index (χ2n) is 6.26. The van der Waals surface area contributed by atoms with Crippen LogP contribution < -0.4 is 16.2 Å². The Labute approximate surface area is 144 Å². The number of benzene rings is 1. The van der Waals surface area contributed by atoms with Crippen LogP contribution in [0.1, 0.15) is 31.0 Å². The summed E-state index contributed by atoms with van der Waals surface area (Å²) in [5.74, 6) is 1.97. The van der Waals surface area contributed by atoms with Crippen molar-refractivity contribution in [1.82, 2.24) is 14.4 Å². The maximum Gasteiger partial charge on any atom is 0.255 e. The van der Waals surface area contributed by atoms with Gasteiger partial charge < -0.3 is 16.2 Å². The lowest BCUT2D eigenvalue weighted by atomic mass is 9.85. The van der Waals surface area contributed by atoms with E-state index >= 15 is 0 Å². The maximum atomic E-state index is 10.9. The molecule has 25 heavy (non-hydrogen) atoms. The van der Waals surface area contributed by atoms with E-state index in [1.165, 1.54) is 6.42 Å². The molecule has 0 atom stereocenters. The average Bonchev–Trinajstić information content (AvgIpc) is 2.93. The summed E-state index contributed by atoms with van der Waals surface area (Å²) in [5, 5.41) is 0. The number of imidazole rings is 1. The number of rotatable bonds is 5. The molecule has 1 aliphatic carbocycles. The molecule has 0 aliphatic heterocycles. The van der Waals surface area contributed by atoms with E-state index in [1.807, 2.05) is 28.8 Å². The van der Waals surface area contributed by atoms with Crippen molar-refractivity contribution >= 4 is 17.2 Å². The molecule has 1 aromatic carbocycles. The van der Waals surface area contributed by atoms with Gasteiger partial charge in [0.05, 0.1) is 0 Å². The SMILES string of the molecule is NC(=O)COc1cccc(-c2nc(C3CCC3)n3ccnc(N)c23)c1. The molecule has 3 aromatic rings. The Hall–Kier alpha value is -3.09. The highest BCUT2D eigenvalue weighted by Gasteiger charge is 2.26. The van der Waals surface area contributed by atoms with Crippen molar-refractivity contribution in [2.75, 3.05) is 12.3 Å². The second kappa shape index (κ2) is 6.08. The maximum absolute atomic E-state index is 10.9. The zero-order chi connectivity index (χ0) is 17.4. The first-order chi connectivity index (χ1) is 12.1. The molecule has 1 saturated carbocycles. The Bertz CT molecular complexity index is 946. The number of fused-ring (bicyclic) bond motifs is 1. The van der Waals surface area contributed by atoms with Gasteiger partial charge in [0.25, 0.3) is 5.91 Å². The Balaban J connectivity index is 1.81. The fraction of sp³-hybridized carbons (Fsp3) is 0.278. The number of nitrogens with two attached hydrogens (primary N) is 2. The smallest absolute Gasteiger partial charge is 0.255 e. The minimum absolute atomic E-state index is 0.162. The van der Waals surface area contributed by atoms with Gasteiger partial charge in [0.15, 0.2) is 6.61 Å². The molecule has 2 heterocycles. The number of carbonyl (C=O) groups excluding carboxylic acids is 1. The minimum atomic E-state index is -0.515. The van der Waals surface area contributed by atoms with Gasteiger partial charge in [-0.2, -0.15) is 0 Å². The predicted molar refractivity (Wildman–Crippen MR) is 94.1 cm³/mol. The first-order valence-electron chi connectivity index (χ1n) is 8.27. The average molecular weight is 337 g/mol. The molecule has 0 saturated heterocycles. The van der Waals surface area contributed by atoms with Crippen LogP contribution in [0.4, 0.5) is 5.82 Å². The number of ether oxygens (including phenoxy) is 1. The molecule has 0 radical (unpaired) electrons. The van der Waals surface area contributed by atoms with Crippen molar-refractivity contribution < 1.29 is 9.53 Å². The third-order valence-electron chi connectivity index (χ3n) is 4.57. The van der Waals surface area contributed by atoms with Gasteiger partial charge in [0.2, 0.25) is 0 Å². The van der Waals surface area contributed by atoms with Crippen molar-refractivity contribution in [2.45, 2.75) is 25.2 Å². The van der Waals surface area contributed by atoms with Crippen LogP contribution in [0, 0.1) is 0 Å². The zero-order valence-corrected chi connectivity index (χ0v) is 13.7. The molecule has 0 unspecified atom stereocenters. The highest BCUT2D eigenvalue weighted by Crippen LogP contribution is 2.39.